The summed E-state index contributed by atoms with van der Waals surface area (Å²) in [4.78, 5) is 0. The number of nitrogens with zero attached hydrogens (tertiary/aromatic N) is 1. The molecule has 2 N–H and O–H groups in total. The lowest BCUT2D eigenvalue weighted by Gasteiger charge is -2.21. The molecule has 10 aromatic carbocycles. The minimum atomic E-state index is 0.0907. The van der Waals surface area contributed by atoms with Crippen molar-refractivity contribution in [2.45, 2.75) is 32.6 Å². The molecular weight excluding hydrogens is 785 g/mol. The van der Waals surface area contributed by atoms with E-state index in [0.29, 0.717) is 0 Å². The van der Waals surface area contributed by atoms with E-state index in [9.17, 15) is 0 Å². The van der Waals surface area contributed by atoms with Gasteiger partial charge < -0.3 is 10.3 Å². The maximum absolute atomic E-state index is 5.46. The average molecular weight is 837 g/mol. The number of para-hydroxylation sites is 2. The number of fused-ring (bicyclic) bond motifs is 7. The van der Waals surface area contributed by atoms with Crippen LogP contribution in [-0.2, 0) is 11.8 Å². The first-order chi connectivity index (χ1) is 31.8. The highest BCUT2D eigenvalue weighted by atomic mass is 15.0. The molecule has 0 bridgehead atoms. The molecule has 2 nitrogen and oxygen atoms in total. The van der Waals surface area contributed by atoms with Gasteiger partial charge >= 0.3 is 0 Å². The first-order valence-electron chi connectivity index (χ1n) is 22.6. The van der Waals surface area contributed by atoms with E-state index in [1.165, 1.54) is 99.5 Å². The fourth-order valence-corrected chi connectivity index (χ4v) is 9.63. The van der Waals surface area contributed by atoms with Crippen LogP contribution in [0.3, 0.4) is 0 Å². The van der Waals surface area contributed by atoms with Crippen molar-refractivity contribution in [1.29, 1.82) is 0 Å². The summed E-state index contributed by atoms with van der Waals surface area (Å²) in [5, 5.41) is 5.19. The molecule has 11 aromatic rings. The molecule has 0 fully saturated rings. The molecule has 12 rings (SSSR count). The standard InChI is InChI=1S/C30H21N.C26H22.C7H9N/c1-3-9-22(10-4-1)23-15-17-24(18-16-23)25-19-20-30-28(21-25)27-13-7-8-14-29(27)31(30)26-11-5-2-6-12-26;1-26(2)24-10-6-5-9-22(24)23-17-19(12-14-25(23)26)15-18-11-13-20-7-3-4-8-21(20)16-18;1-6-3-2-4-7(8)5-6/h1-21H;3-14,16-17H,15H2,1-2H3;2-5H,8H2,1H3. The average Bonchev–Trinajstić information content (AvgIpc) is 3.80. The van der Waals surface area contributed by atoms with E-state index in [1.807, 2.05) is 31.2 Å². The Morgan fingerprint density at radius 2 is 0.985 bits per heavy atom. The van der Waals surface area contributed by atoms with Crippen LogP contribution in [-0.4, -0.2) is 4.57 Å². The van der Waals surface area contributed by atoms with Crippen LogP contribution >= 0.6 is 0 Å². The van der Waals surface area contributed by atoms with Crippen LogP contribution < -0.4 is 5.73 Å². The molecule has 0 atom stereocenters. The zero-order valence-electron chi connectivity index (χ0n) is 37.2. The smallest absolute Gasteiger partial charge is 0.0541 e. The van der Waals surface area contributed by atoms with Gasteiger partial charge in [0.2, 0.25) is 0 Å². The summed E-state index contributed by atoms with van der Waals surface area (Å²) in [5.74, 6) is 0. The molecule has 0 radical (unpaired) electrons. The Kier molecular flexibility index (Phi) is 11.2. The molecule has 0 aliphatic heterocycles. The van der Waals surface area contributed by atoms with Gasteiger partial charge in [-0.1, -0.05) is 208 Å². The van der Waals surface area contributed by atoms with Crippen molar-refractivity contribution in [3.63, 3.8) is 0 Å². The minimum Gasteiger partial charge on any atom is -0.399 e. The summed E-state index contributed by atoms with van der Waals surface area (Å²) in [6, 6.07) is 84.6. The van der Waals surface area contributed by atoms with Crippen molar-refractivity contribution in [3.05, 3.63) is 264 Å². The van der Waals surface area contributed by atoms with Crippen molar-refractivity contribution in [2.24, 2.45) is 0 Å². The number of nitrogens with two attached hydrogens (primary N) is 1. The van der Waals surface area contributed by atoms with Gasteiger partial charge in [0.05, 0.1) is 11.0 Å². The van der Waals surface area contributed by atoms with E-state index < -0.39 is 0 Å². The van der Waals surface area contributed by atoms with Crippen LogP contribution in [0, 0.1) is 6.92 Å². The normalized spacial score (nSPS) is 12.2. The van der Waals surface area contributed by atoms with Gasteiger partial charge in [-0.05, 0) is 128 Å². The Hall–Kier alpha value is -7.94. The molecule has 0 saturated carbocycles. The number of nitrogen functional groups attached to an aromatic ring is 1. The molecule has 65 heavy (non-hydrogen) atoms. The highest BCUT2D eigenvalue weighted by Crippen LogP contribution is 2.48. The van der Waals surface area contributed by atoms with E-state index in [4.69, 9.17) is 5.73 Å². The molecule has 0 unspecified atom stereocenters. The minimum absolute atomic E-state index is 0.0907. The lowest BCUT2D eigenvalue weighted by atomic mass is 9.82. The monoisotopic (exact) mass is 836 g/mol. The van der Waals surface area contributed by atoms with Crippen LogP contribution in [0.5, 0.6) is 0 Å². The lowest BCUT2D eigenvalue weighted by molar-refractivity contribution is 0.660. The van der Waals surface area contributed by atoms with Crippen LogP contribution in [0.1, 0.15) is 41.7 Å². The highest BCUT2D eigenvalue weighted by molar-refractivity contribution is 6.10. The molecule has 1 aliphatic carbocycles. The topological polar surface area (TPSA) is 30.9 Å². The van der Waals surface area contributed by atoms with Crippen molar-refractivity contribution in [3.8, 4) is 39.1 Å². The van der Waals surface area contributed by atoms with Crippen molar-refractivity contribution in [1.82, 2.24) is 4.57 Å². The summed E-state index contributed by atoms with van der Waals surface area (Å²) < 4.78 is 2.35. The third-order valence-electron chi connectivity index (χ3n) is 12.9. The maximum Gasteiger partial charge on any atom is 0.0541 e. The quantitative estimate of drug-likeness (QED) is 0.172. The fourth-order valence-electron chi connectivity index (χ4n) is 9.63. The summed E-state index contributed by atoms with van der Waals surface area (Å²) >= 11 is 0. The number of anilines is 1. The van der Waals surface area contributed by atoms with Gasteiger partial charge in [-0.25, -0.2) is 0 Å². The van der Waals surface area contributed by atoms with Gasteiger partial charge in [0, 0.05) is 27.6 Å². The van der Waals surface area contributed by atoms with Gasteiger partial charge in [0.25, 0.3) is 0 Å². The Balaban J connectivity index is 0.000000132. The molecular formula is C63H52N2. The second-order valence-electron chi connectivity index (χ2n) is 17.7. The van der Waals surface area contributed by atoms with Crippen LogP contribution in [0.25, 0.3) is 71.6 Å². The number of aryl methyl sites for hydroxylation is 1. The third kappa shape index (κ3) is 8.35. The predicted octanol–water partition coefficient (Wildman–Crippen LogP) is 16.4. The van der Waals surface area contributed by atoms with E-state index in [-0.39, 0.29) is 5.41 Å². The van der Waals surface area contributed by atoms with E-state index >= 15 is 0 Å². The van der Waals surface area contributed by atoms with E-state index in [2.05, 4.69) is 231 Å². The molecule has 314 valence electrons. The van der Waals surface area contributed by atoms with Gasteiger partial charge in [-0.2, -0.15) is 0 Å². The fraction of sp³-hybridized carbons (Fsp3) is 0.0794. The molecule has 0 spiro atoms. The zero-order chi connectivity index (χ0) is 44.3. The van der Waals surface area contributed by atoms with Gasteiger partial charge in [-0.15, -0.1) is 0 Å². The van der Waals surface area contributed by atoms with Gasteiger partial charge in [0.15, 0.2) is 0 Å². The Bertz CT molecular complexity index is 3410. The maximum atomic E-state index is 5.46. The highest BCUT2D eigenvalue weighted by Gasteiger charge is 2.35. The summed E-state index contributed by atoms with van der Waals surface area (Å²) in [5.41, 5.74) is 24.7. The third-order valence-corrected chi connectivity index (χ3v) is 12.9. The molecule has 0 amide bonds. The molecule has 1 aromatic heterocycles. The van der Waals surface area contributed by atoms with Crippen LogP contribution in [0.15, 0.2) is 237 Å². The molecule has 0 saturated heterocycles. The van der Waals surface area contributed by atoms with Gasteiger partial charge in [0.1, 0.15) is 0 Å². The Morgan fingerprint density at radius 1 is 0.400 bits per heavy atom. The first kappa shape index (κ1) is 41.1. The number of rotatable bonds is 5. The van der Waals surface area contributed by atoms with E-state index in [1.54, 1.807) is 0 Å². The first-order valence-corrected chi connectivity index (χ1v) is 22.6. The number of hydrogen-bond acceptors (Lipinski definition) is 1. The lowest BCUT2D eigenvalue weighted by Crippen LogP contribution is -2.14. The van der Waals surface area contributed by atoms with Crippen molar-refractivity contribution >= 4 is 38.3 Å². The Morgan fingerprint density at radius 3 is 1.74 bits per heavy atom. The molecule has 1 heterocycles. The van der Waals surface area contributed by atoms with Gasteiger partial charge in [-0.3, -0.25) is 0 Å². The predicted molar refractivity (Wildman–Crippen MR) is 278 cm³/mol. The SMILES string of the molecule is CC1(C)c2ccccc2-c2cc(Cc3ccc4ccccc4c3)ccc21.Cc1cccc(N)c1.c1ccc(-c2ccc(-c3ccc4c(c3)c3ccccc3n4-c3ccccc3)cc2)cc1. The number of benzene rings is 10. The Labute approximate surface area is 382 Å². The molecule has 1 aliphatic rings. The summed E-state index contributed by atoms with van der Waals surface area (Å²) in [7, 11) is 0. The largest absolute Gasteiger partial charge is 0.399 e. The molecule has 2 heteroatoms. The second-order valence-corrected chi connectivity index (χ2v) is 17.7. The summed E-state index contributed by atoms with van der Waals surface area (Å²) in [6.45, 7) is 6.69. The summed E-state index contributed by atoms with van der Waals surface area (Å²) in [6.07, 6.45) is 0.973. The second kappa shape index (κ2) is 17.7. The van der Waals surface area contributed by atoms with Crippen molar-refractivity contribution < 1.29 is 0 Å². The van der Waals surface area contributed by atoms with E-state index in [0.717, 1.165) is 12.1 Å². The number of aromatic nitrogens is 1. The zero-order valence-corrected chi connectivity index (χ0v) is 37.2. The van der Waals surface area contributed by atoms with Crippen LogP contribution in [0.2, 0.25) is 0 Å². The van der Waals surface area contributed by atoms with Crippen molar-refractivity contribution in [2.75, 3.05) is 5.73 Å². The van der Waals surface area contributed by atoms with Crippen LogP contribution in [0.4, 0.5) is 5.69 Å². The number of hydrogen-bond donors (Lipinski definition) is 1.